The van der Waals surface area contributed by atoms with Crippen LogP contribution in [0.25, 0.3) is 0 Å². The fraction of sp³-hybridized carbons (Fsp3) is 0.615. The number of ether oxygens (including phenoxy) is 1. The number of hydrogen-bond donors (Lipinski definition) is 3. The van der Waals surface area contributed by atoms with Crippen molar-refractivity contribution in [3.63, 3.8) is 0 Å². The highest BCUT2D eigenvalue weighted by molar-refractivity contribution is 5.91. The van der Waals surface area contributed by atoms with Crippen molar-refractivity contribution in [2.75, 3.05) is 5.32 Å². The summed E-state index contributed by atoms with van der Waals surface area (Å²) in [5, 5.41) is 21.7. The number of anilines is 1. The number of aromatic nitrogens is 2. The zero-order chi connectivity index (χ0) is 16.6. The molecule has 2 heterocycles. The van der Waals surface area contributed by atoms with E-state index in [1.165, 1.54) is 6.92 Å². The Bertz CT molecular complexity index is 633. The van der Waals surface area contributed by atoms with Crippen LogP contribution in [-0.2, 0) is 9.53 Å². The number of nitrogens with one attached hydrogen (secondary N) is 1. The van der Waals surface area contributed by atoms with Gasteiger partial charge in [-0.25, -0.2) is 9.18 Å². The highest BCUT2D eigenvalue weighted by atomic mass is 19.1. The van der Waals surface area contributed by atoms with Crippen LogP contribution < -0.4 is 11.0 Å². The molecule has 4 atom stereocenters. The lowest BCUT2D eigenvalue weighted by molar-refractivity contribution is -0.118. The quantitative estimate of drug-likeness (QED) is 0.700. The monoisotopic (exact) mass is 315 g/mol. The first-order valence-corrected chi connectivity index (χ1v) is 6.83. The molecule has 0 radical (unpaired) electrons. The Morgan fingerprint density at radius 2 is 2.09 bits per heavy atom. The molecule has 2 rings (SSSR count). The molecule has 0 unspecified atom stereocenters. The molecule has 0 aliphatic carbocycles. The average molecular weight is 315 g/mol. The van der Waals surface area contributed by atoms with Crippen molar-refractivity contribution in [3.05, 3.63) is 22.5 Å². The van der Waals surface area contributed by atoms with Gasteiger partial charge in [0.1, 0.15) is 12.2 Å². The molecule has 3 N–H and O–H groups in total. The zero-order valence-corrected chi connectivity index (χ0v) is 12.4. The molecule has 0 aromatic carbocycles. The zero-order valence-electron chi connectivity index (χ0n) is 12.4. The third-order valence-electron chi connectivity index (χ3n) is 3.42. The molecule has 0 saturated carbocycles. The summed E-state index contributed by atoms with van der Waals surface area (Å²) in [5.74, 6) is -2.32. The lowest BCUT2D eigenvalue weighted by Gasteiger charge is -2.18. The maximum Gasteiger partial charge on any atom is 0.351 e. The minimum Gasteiger partial charge on any atom is -0.388 e. The summed E-state index contributed by atoms with van der Waals surface area (Å²) in [6, 6.07) is 0. The largest absolute Gasteiger partial charge is 0.388 e. The van der Waals surface area contributed by atoms with E-state index in [-0.39, 0.29) is 0 Å². The predicted octanol–water partition coefficient (Wildman–Crippen LogP) is -0.384. The van der Waals surface area contributed by atoms with Gasteiger partial charge in [0.15, 0.2) is 17.9 Å². The average Bonchev–Trinajstić information content (AvgIpc) is 2.70. The molecule has 1 fully saturated rings. The Hall–Kier alpha value is -1.84. The van der Waals surface area contributed by atoms with E-state index in [1.807, 2.05) is 0 Å². The van der Waals surface area contributed by atoms with Gasteiger partial charge in [-0.15, -0.1) is 0 Å². The van der Waals surface area contributed by atoms with Gasteiger partial charge in [0.2, 0.25) is 5.91 Å². The summed E-state index contributed by atoms with van der Waals surface area (Å²) in [7, 11) is 0. The molecule has 9 heteroatoms. The smallest absolute Gasteiger partial charge is 0.351 e. The second-order valence-electron chi connectivity index (χ2n) is 5.48. The summed E-state index contributed by atoms with van der Waals surface area (Å²) >= 11 is 0. The van der Waals surface area contributed by atoms with E-state index in [4.69, 9.17) is 4.74 Å². The fourth-order valence-electron chi connectivity index (χ4n) is 2.03. The second kappa shape index (κ2) is 6.11. The molecule has 1 amide bonds. The molecule has 22 heavy (non-hydrogen) atoms. The number of rotatable bonds is 3. The number of amides is 1. The Morgan fingerprint density at radius 3 is 2.59 bits per heavy atom. The number of nitrogens with zero attached hydrogens (tertiary/aromatic N) is 2. The van der Waals surface area contributed by atoms with Crippen LogP contribution >= 0.6 is 0 Å². The molecule has 1 aromatic rings. The third kappa shape index (κ3) is 3.01. The maximum atomic E-state index is 14.0. The lowest BCUT2D eigenvalue weighted by Crippen LogP contribution is -2.36. The number of hydrogen-bond acceptors (Lipinski definition) is 6. The first kappa shape index (κ1) is 16.5. The SMILES string of the molecule is CC(C)C(=O)Nc1nc(=O)n([C@@H]2O[C@H](C)[C@@H](O)[C@H]2O)cc1F. The van der Waals surface area contributed by atoms with Crippen LogP contribution in [0, 0.1) is 11.7 Å². The van der Waals surface area contributed by atoms with Crippen molar-refractivity contribution in [1.29, 1.82) is 0 Å². The van der Waals surface area contributed by atoms with Crippen LogP contribution in [0.2, 0.25) is 0 Å². The van der Waals surface area contributed by atoms with Crippen LogP contribution in [0.4, 0.5) is 10.2 Å². The summed E-state index contributed by atoms with van der Waals surface area (Å²) in [5.41, 5.74) is -0.911. The highest BCUT2D eigenvalue weighted by Crippen LogP contribution is 2.28. The molecular weight excluding hydrogens is 297 g/mol. The standard InChI is InChI=1S/C13H18FN3O5/c1-5(2)11(20)15-10-7(14)4-17(13(21)16-10)12-9(19)8(18)6(3)22-12/h4-6,8-9,12,18-19H,1-3H3,(H,15,16,20,21)/t6-,8-,9-,12-/m1/s1. The van der Waals surface area contributed by atoms with Crippen molar-refractivity contribution >= 4 is 11.7 Å². The summed E-state index contributed by atoms with van der Waals surface area (Å²) in [4.78, 5) is 26.9. The van der Waals surface area contributed by atoms with Crippen molar-refractivity contribution in [1.82, 2.24) is 9.55 Å². The minimum atomic E-state index is -1.38. The number of carbonyl (C=O) groups excluding carboxylic acids is 1. The number of aliphatic hydroxyl groups is 2. The molecule has 1 aromatic heterocycles. The summed E-state index contributed by atoms with van der Waals surface area (Å²) < 4.78 is 20.0. The topological polar surface area (TPSA) is 114 Å². The molecule has 1 saturated heterocycles. The predicted molar refractivity (Wildman–Crippen MR) is 73.5 cm³/mol. The van der Waals surface area contributed by atoms with E-state index >= 15 is 0 Å². The van der Waals surface area contributed by atoms with Gasteiger partial charge in [-0.1, -0.05) is 13.8 Å². The second-order valence-corrected chi connectivity index (χ2v) is 5.48. The van der Waals surface area contributed by atoms with E-state index in [0.29, 0.717) is 0 Å². The van der Waals surface area contributed by atoms with Gasteiger partial charge in [-0.05, 0) is 6.92 Å². The van der Waals surface area contributed by atoms with Gasteiger partial charge in [0.25, 0.3) is 0 Å². The van der Waals surface area contributed by atoms with Crippen molar-refractivity contribution in [3.8, 4) is 0 Å². The number of carbonyl (C=O) groups is 1. The van der Waals surface area contributed by atoms with E-state index in [0.717, 1.165) is 10.8 Å². The normalized spacial score (nSPS) is 28.1. The van der Waals surface area contributed by atoms with Crippen molar-refractivity contribution in [2.45, 2.75) is 45.3 Å². The highest BCUT2D eigenvalue weighted by Gasteiger charge is 2.42. The van der Waals surface area contributed by atoms with Crippen LogP contribution in [0.1, 0.15) is 27.0 Å². The van der Waals surface area contributed by atoms with Gasteiger partial charge in [0, 0.05) is 5.92 Å². The Morgan fingerprint density at radius 1 is 1.45 bits per heavy atom. The first-order valence-electron chi connectivity index (χ1n) is 6.83. The molecule has 0 spiro atoms. The van der Waals surface area contributed by atoms with Crippen LogP contribution in [0.5, 0.6) is 0 Å². The maximum absolute atomic E-state index is 14.0. The van der Waals surface area contributed by atoms with E-state index in [1.54, 1.807) is 13.8 Å². The molecule has 8 nitrogen and oxygen atoms in total. The van der Waals surface area contributed by atoms with Gasteiger partial charge in [0.05, 0.1) is 12.3 Å². The van der Waals surface area contributed by atoms with Gasteiger partial charge in [-0.3, -0.25) is 9.36 Å². The van der Waals surface area contributed by atoms with Gasteiger partial charge >= 0.3 is 5.69 Å². The fourth-order valence-corrected chi connectivity index (χ4v) is 2.03. The van der Waals surface area contributed by atoms with Crippen LogP contribution in [0.3, 0.4) is 0 Å². The number of halogens is 1. The summed E-state index contributed by atoms with van der Waals surface area (Å²) in [6.45, 7) is 4.74. The molecule has 0 bridgehead atoms. The van der Waals surface area contributed by atoms with E-state index in [2.05, 4.69) is 10.3 Å². The lowest BCUT2D eigenvalue weighted by atomic mass is 10.1. The van der Waals surface area contributed by atoms with Crippen LogP contribution in [-0.4, -0.2) is 44.0 Å². The van der Waals surface area contributed by atoms with Gasteiger partial charge < -0.3 is 20.3 Å². The van der Waals surface area contributed by atoms with Crippen LogP contribution in [0.15, 0.2) is 11.0 Å². The van der Waals surface area contributed by atoms with E-state index < -0.39 is 53.7 Å². The third-order valence-corrected chi connectivity index (χ3v) is 3.42. The Balaban J connectivity index is 2.31. The summed E-state index contributed by atoms with van der Waals surface area (Å²) in [6.07, 6.45) is -3.75. The van der Waals surface area contributed by atoms with Gasteiger partial charge in [-0.2, -0.15) is 4.98 Å². The molecule has 122 valence electrons. The first-order chi connectivity index (χ1) is 10.2. The molecule has 1 aliphatic heterocycles. The van der Waals surface area contributed by atoms with E-state index in [9.17, 15) is 24.2 Å². The van der Waals surface area contributed by atoms with Crippen molar-refractivity contribution in [2.24, 2.45) is 5.92 Å². The number of aliphatic hydroxyl groups excluding tert-OH is 2. The molecule has 1 aliphatic rings. The molecular formula is C13H18FN3O5. The Kier molecular flexibility index (Phi) is 4.59. The van der Waals surface area contributed by atoms with Crippen molar-refractivity contribution < 1.29 is 24.1 Å². The minimum absolute atomic E-state index is 0.403. The Labute approximate surface area is 125 Å².